The van der Waals surface area contributed by atoms with Crippen molar-refractivity contribution >= 4 is 27.9 Å². The number of rotatable bonds is 3. The molecule has 5 heterocycles. The van der Waals surface area contributed by atoms with Crippen molar-refractivity contribution in [3.63, 3.8) is 0 Å². The highest BCUT2D eigenvalue weighted by Gasteiger charge is 2.48. The molecule has 3 aromatic heterocycles. The molecule has 2 aliphatic rings. The van der Waals surface area contributed by atoms with Gasteiger partial charge < -0.3 is 15.4 Å². The number of nitrogens with two attached hydrogens (primary N) is 1. The second-order valence-corrected chi connectivity index (χ2v) is 9.40. The van der Waals surface area contributed by atoms with Gasteiger partial charge in [-0.1, -0.05) is 0 Å². The molecule has 0 saturated carbocycles. The molecule has 9 nitrogen and oxygen atoms in total. The van der Waals surface area contributed by atoms with Crippen molar-refractivity contribution in [3.8, 4) is 5.69 Å². The van der Waals surface area contributed by atoms with E-state index in [2.05, 4.69) is 20.2 Å². The Hall–Kier alpha value is -3.18. The van der Waals surface area contributed by atoms with E-state index in [0.717, 1.165) is 23.7 Å². The molecule has 1 aromatic carbocycles. The zero-order valence-corrected chi connectivity index (χ0v) is 19.0. The highest BCUT2D eigenvalue weighted by atomic mass is 19.3. The molecule has 34 heavy (non-hydrogen) atoms. The second kappa shape index (κ2) is 7.67. The Morgan fingerprint density at radius 3 is 2.65 bits per heavy atom. The number of hydrogen-bond acceptors (Lipinski definition) is 7. The van der Waals surface area contributed by atoms with Crippen molar-refractivity contribution in [2.75, 3.05) is 24.6 Å². The van der Waals surface area contributed by atoms with Crippen molar-refractivity contribution in [2.24, 2.45) is 18.2 Å². The number of nitrogens with zero attached hydrogens (tertiary/aromatic N) is 7. The summed E-state index contributed by atoms with van der Waals surface area (Å²) >= 11 is 0. The lowest BCUT2D eigenvalue weighted by Gasteiger charge is -2.41. The first kappa shape index (κ1) is 21.4. The largest absolute Gasteiger partial charge is 0.376 e. The number of hydrogen-bond donors (Lipinski definition) is 1. The highest BCUT2D eigenvalue weighted by molar-refractivity contribution is 5.82. The summed E-state index contributed by atoms with van der Waals surface area (Å²) in [4.78, 5) is 10.9. The van der Waals surface area contributed by atoms with Crippen molar-refractivity contribution < 1.29 is 13.5 Å². The average molecular weight is 469 g/mol. The van der Waals surface area contributed by atoms with Crippen LogP contribution in [-0.4, -0.2) is 61.4 Å². The molecule has 1 spiro atoms. The van der Waals surface area contributed by atoms with Gasteiger partial charge in [-0.15, -0.1) is 0 Å². The minimum atomic E-state index is -2.76. The number of ether oxygens (including phenoxy) is 1. The van der Waals surface area contributed by atoms with Gasteiger partial charge in [0.05, 0.1) is 36.3 Å². The van der Waals surface area contributed by atoms with Gasteiger partial charge in [0.2, 0.25) is 0 Å². The van der Waals surface area contributed by atoms with Crippen LogP contribution >= 0.6 is 0 Å². The van der Waals surface area contributed by atoms with E-state index in [1.165, 1.54) is 0 Å². The van der Waals surface area contributed by atoms with Gasteiger partial charge in [0.25, 0.3) is 6.43 Å². The number of benzene rings is 1. The third-order valence-electron chi connectivity index (χ3n) is 7.50. The number of alkyl halides is 2. The molecule has 11 heteroatoms. The minimum Gasteiger partial charge on any atom is -0.376 e. The summed E-state index contributed by atoms with van der Waals surface area (Å²) in [7, 11) is 1.85. The zero-order chi connectivity index (χ0) is 23.6. The molecule has 2 atom stereocenters. The molecule has 2 N–H and O–H groups in total. The van der Waals surface area contributed by atoms with Gasteiger partial charge in [-0.25, -0.2) is 23.4 Å². The topological polar surface area (TPSA) is 99.9 Å². The Labute approximate surface area is 194 Å². The standard InChI is InChI=1S/C23H26F2N8O/c1-13-19(26)23(12-34-13)5-7-32(8-6-23)22-18(20(24)25)30-21-16(29-22)11-28-33(21)15-4-3-14-10-27-31(2)17(14)9-15/h3-4,9-11,13,19-20H,5-8,12,26H2,1-2H3/t13-,19+/m0/s1. The van der Waals surface area contributed by atoms with Crippen LogP contribution in [0.2, 0.25) is 0 Å². The molecule has 0 bridgehead atoms. The maximum Gasteiger partial charge on any atom is 0.284 e. The molecule has 0 radical (unpaired) electrons. The fourth-order valence-corrected chi connectivity index (χ4v) is 5.32. The molecular weight excluding hydrogens is 442 g/mol. The van der Waals surface area contributed by atoms with E-state index in [-0.39, 0.29) is 29.1 Å². The van der Waals surface area contributed by atoms with Crippen LogP contribution in [0.3, 0.4) is 0 Å². The molecule has 2 fully saturated rings. The molecule has 0 unspecified atom stereocenters. The van der Waals surface area contributed by atoms with Crippen LogP contribution < -0.4 is 10.6 Å². The number of halogens is 2. The van der Waals surface area contributed by atoms with Gasteiger partial charge in [0.1, 0.15) is 5.52 Å². The SMILES string of the molecule is C[C@@H]1OCC2(CCN(c3nc4cnn(-c5ccc6cnn(C)c6c5)c4nc3C(F)F)CC2)[C@@H]1N. The molecule has 2 saturated heterocycles. The molecule has 0 aliphatic carbocycles. The van der Waals surface area contributed by atoms with Crippen molar-refractivity contribution in [1.29, 1.82) is 0 Å². The summed E-state index contributed by atoms with van der Waals surface area (Å²) in [6.45, 7) is 3.76. The second-order valence-electron chi connectivity index (χ2n) is 9.40. The first-order chi connectivity index (χ1) is 16.4. The average Bonchev–Trinajstić information content (AvgIpc) is 3.51. The van der Waals surface area contributed by atoms with Crippen LogP contribution in [0.15, 0.2) is 30.6 Å². The van der Waals surface area contributed by atoms with Gasteiger partial charge in [-0.05, 0) is 38.0 Å². The Morgan fingerprint density at radius 2 is 1.94 bits per heavy atom. The number of fused-ring (bicyclic) bond motifs is 2. The predicted octanol–water partition coefficient (Wildman–Crippen LogP) is 2.97. The maximum absolute atomic E-state index is 14.2. The van der Waals surface area contributed by atoms with Crippen LogP contribution in [0.1, 0.15) is 31.9 Å². The zero-order valence-electron chi connectivity index (χ0n) is 19.0. The minimum absolute atomic E-state index is 0.00993. The Morgan fingerprint density at radius 1 is 1.15 bits per heavy atom. The fourth-order valence-electron chi connectivity index (χ4n) is 5.32. The van der Waals surface area contributed by atoms with Gasteiger partial charge in [0, 0.05) is 37.0 Å². The van der Waals surface area contributed by atoms with Gasteiger partial charge in [-0.2, -0.15) is 10.2 Å². The number of aryl methyl sites for hydroxylation is 1. The van der Waals surface area contributed by atoms with Gasteiger partial charge in [-0.3, -0.25) is 4.68 Å². The van der Waals surface area contributed by atoms with Crippen LogP contribution in [0.4, 0.5) is 14.6 Å². The van der Waals surface area contributed by atoms with Gasteiger partial charge in [0.15, 0.2) is 17.2 Å². The van der Waals surface area contributed by atoms with E-state index in [1.807, 2.05) is 37.1 Å². The summed E-state index contributed by atoms with van der Waals surface area (Å²) in [6.07, 6.45) is 2.13. The lowest BCUT2D eigenvalue weighted by Crippen LogP contribution is -2.51. The fraction of sp³-hybridized carbons (Fsp3) is 0.478. The molecule has 4 aromatic rings. The lowest BCUT2D eigenvalue weighted by molar-refractivity contribution is 0.0972. The van der Waals surface area contributed by atoms with Crippen LogP contribution in [0.5, 0.6) is 0 Å². The van der Waals surface area contributed by atoms with Crippen molar-refractivity contribution in [2.45, 2.75) is 38.3 Å². The summed E-state index contributed by atoms with van der Waals surface area (Å²) in [5.41, 5.74) is 8.37. The first-order valence-corrected chi connectivity index (χ1v) is 11.4. The first-order valence-electron chi connectivity index (χ1n) is 11.4. The Kier molecular flexibility index (Phi) is 4.82. The van der Waals surface area contributed by atoms with Crippen LogP contribution in [0, 0.1) is 5.41 Å². The number of piperidine rings is 1. The van der Waals surface area contributed by atoms with E-state index in [4.69, 9.17) is 10.5 Å². The van der Waals surface area contributed by atoms with E-state index in [9.17, 15) is 8.78 Å². The number of anilines is 1. The molecule has 0 amide bonds. The van der Waals surface area contributed by atoms with Gasteiger partial charge >= 0.3 is 0 Å². The predicted molar refractivity (Wildman–Crippen MR) is 123 cm³/mol. The van der Waals surface area contributed by atoms with E-state index >= 15 is 0 Å². The third kappa shape index (κ3) is 3.17. The summed E-state index contributed by atoms with van der Waals surface area (Å²) < 4.78 is 37.4. The Bertz CT molecular complexity index is 1370. The Balaban J connectivity index is 1.36. The van der Waals surface area contributed by atoms with Crippen LogP contribution in [-0.2, 0) is 11.8 Å². The molecule has 6 rings (SSSR count). The summed E-state index contributed by atoms with van der Waals surface area (Å²) in [5.74, 6) is 0.222. The van der Waals surface area contributed by atoms with Crippen LogP contribution in [0.25, 0.3) is 27.8 Å². The monoisotopic (exact) mass is 468 g/mol. The summed E-state index contributed by atoms with van der Waals surface area (Å²) in [6, 6.07) is 5.65. The van der Waals surface area contributed by atoms with Crippen molar-refractivity contribution in [1.82, 2.24) is 29.5 Å². The third-order valence-corrected chi connectivity index (χ3v) is 7.50. The van der Waals surface area contributed by atoms with Crippen molar-refractivity contribution in [3.05, 3.63) is 36.3 Å². The lowest BCUT2D eigenvalue weighted by atomic mass is 9.73. The molecule has 178 valence electrons. The maximum atomic E-state index is 14.2. The molecule has 2 aliphatic heterocycles. The van der Waals surface area contributed by atoms with E-state index in [1.54, 1.807) is 21.8 Å². The van der Waals surface area contributed by atoms with E-state index < -0.39 is 6.43 Å². The number of aromatic nitrogens is 6. The van der Waals surface area contributed by atoms with E-state index in [0.29, 0.717) is 36.5 Å². The quantitative estimate of drug-likeness (QED) is 0.493. The normalized spacial score (nSPS) is 22.6. The smallest absolute Gasteiger partial charge is 0.284 e. The summed E-state index contributed by atoms with van der Waals surface area (Å²) in [5, 5.41) is 9.65. The molecular formula is C23H26F2N8O. The highest BCUT2D eigenvalue weighted by Crippen LogP contribution is 2.42.